The summed E-state index contributed by atoms with van der Waals surface area (Å²) in [4.78, 5) is 1.72. The molecule has 0 amide bonds. The van der Waals surface area contributed by atoms with Crippen molar-refractivity contribution in [2.24, 2.45) is 11.7 Å². The molecule has 2 atom stereocenters. The number of aliphatic hydroxyl groups excluding tert-OH is 1. The van der Waals surface area contributed by atoms with Gasteiger partial charge in [0.2, 0.25) is 0 Å². The lowest BCUT2D eigenvalue weighted by atomic mass is 10.0. The SMILES string of the molecule is C=C(N)N(C)CC(CO)C(C)NSF. The zero-order valence-corrected chi connectivity index (χ0v) is 9.35. The van der Waals surface area contributed by atoms with Crippen LogP contribution in [0, 0.1) is 5.92 Å². The summed E-state index contributed by atoms with van der Waals surface area (Å²) in [7, 11) is 1.78. The van der Waals surface area contributed by atoms with Crippen molar-refractivity contribution < 1.29 is 8.99 Å². The molecule has 0 saturated carbocycles. The third-order valence-electron chi connectivity index (χ3n) is 2.17. The van der Waals surface area contributed by atoms with Crippen LogP contribution < -0.4 is 10.5 Å². The smallest absolute Gasteiger partial charge is 0.131 e. The minimum Gasteiger partial charge on any atom is -0.396 e. The maximum Gasteiger partial charge on any atom is 0.131 e. The number of halogens is 1. The molecule has 0 heterocycles. The molecule has 0 aromatic heterocycles. The molecule has 0 rings (SSSR count). The zero-order valence-electron chi connectivity index (χ0n) is 8.53. The van der Waals surface area contributed by atoms with E-state index in [2.05, 4.69) is 11.3 Å². The Hall–Kier alpha value is -0.460. The molecule has 84 valence electrons. The monoisotopic (exact) mass is 223 g/mol. The highest BCUT2D eigenvalue weighted by atomic mass is 32.2. The van der Waals surface area contributed by atoms with Gasteiger partial charge >= 0.3 is 0 Å². The molecule has 0 aliphatic heterocycles. The van der Waals surface area contributed by atoms with Gasteiger partial charge in [-0.05, 0) is 6.92 Å². The molecule has 0 bridgehead atoms. The maximum atomic E-state index is 11.9. The van der Waals surface area contributed by atoms with Gasteiger partial charge in [0.05, 0.1) is 5.82 Å². The summed E-state index contributed by atoms with van der Waals surface area (Å²) in [5.74, 6) is 0.354. The minimum absolute atomic E-state index is 0.0215. The quantitative estimate of drug-likeness (QED) is 0.548. The topological polar surface area (TPSA) is 61.5 Å². The van der Waals surface area contributed by atoms with Gasteiger partial charge in [-0.25, -0.2) is 4.72 Å². The molecule has 0 aromatic rings. The molecule has 0 saturated heterocycles. The van der Waals surface area contributed by atoms with Crippen LogP contribution in [0.1, 0.15) is 6.92 Å². The molecule has 4 nitrogen and oxygen atoms in total. The number of nitrogens with one attached hydrogen (secondary N) is 1. The van der Waals surface area contributed by atoms with E-state index >= 15 is 0 Å². The largest absolute Gasteiger partial charge is 0.396 e. The molecule has 0 radical (unpaired) electrons. The summed E-state index contributed by atoms with van der Waals surface area (Å²) < 4.78 is 14.4. The standard InChI is InChI=1S/C8H18FN3OS/c1-6(11-14-9)8(5-13)4-12(3)7(2)10/h6,8,11,13H,2,4-5,10H2,1,3H3. The van der Waals surface area contributed by atoms with Crippen molar-refractivity contribution >= 4 is 12.3 Å². The fourth-order valence-electron chi connectivity index (χ4n) is 1.01. The van der Waals surface area contributed by atoms with E-state index in [4.69, 9.17) is 10.8 Å². The molecule has 6 heteroatoms. The fourth-order valence-corrected chi connectivity index (χ4v) is 1.34. The van der Waals surface area contributed by atoms with Gasteiger partial charge in [-0.15, -0.1) is 3.89 Å². The number of hydrogen-bond donors (Lipinski definition) is 3. The van der Waals surface area contributed by atoms with Crippen LogP contribution in [0.4, 0.5) is 3.89 Å². The van der Waals surface area contributed by atoms with E-state index in [0.717, 1.165) is 0 Å². The highest BCUT2D eigenvalue weighted by Gasteiger charge is 2.18. The summed E-state index contributed by atoms with van der Waals surface area (Å²) in [6, 6.07) is -0.128. The number of nitrogens with two attached hydrogens (primary N) is 1. The maximum absolute atomic E-state index is 11.9. The first-order chi connectivity index (χ1) is 6.52. The Morgan fingerprint density at radius 2 is 2.36 bits per heavy atom. The Morgan fingerprint density at radius 3 is 2.71 bits per heavy atom. The first-order valence-electron chi connectivity index (χ1n) is 4.32. The average molecular weight is 223 g/mol. The lowest BCUT2D eigenvalue weighted by Gasteiger charge is -2.27. The number of aliphatic hydroxyl groups is 1. The van der Waals surface area contributed by atoms with Crippen molar-refractivity contribution in [3.8, 4) is 0 Å². The van der Waals surface area contributed by atoms with Crippen molar-refractivity contribution in [3.05, 3.63) is 12.4 Å². The third kappa shape index (κ3) is 4.69. The second kappa shape index (κ2) is 6.92. The Kier molecular flexibility index (Phi) is 6.69. The highest BCUT2D eigenvalue weighted by Crippen LogP contribution is 2.09. The van der Waals surface area contributed by atoms with Crippen molar-refractivity contribution in [3.63, 3.8) is 0 Å². The van der Waals surface area contributed by atoms with E-state index in [9.17, 15) is 3.89 Å². The van der Waals surface area contributed by atoms with E-state index in [1.165, 1.54) is 0 Å². The molecule has 2 unspecified atom stereocenters. The van der Waals surface area contributed by atoms with Gasteiger partial charge in [-0.1, -0.05) is 6.58 Å². The van der Waals surface area contributed by atoms with Gasteiger partial charge in [-0.3, -0.25) is 0 Å². The van der Waals surface area contributed by atoms with E-state index < -0.39 is 0 Å². The Morgan fingerprint density at radius 1 is 1.79 bits per heavy atom. The molecule has 0 fully saturated rings. The second-order valence-corrected chi connectivity index (χ2v) is 3.69. The molecule has 0 aromatic carbocycles. The normalized spacial score (nSPS) is 14.9. The van der Waals surface area contributed by atoms with Crippen molar-refractivity contribution in [1.29, 1.82) is 0 Å². The van der Waals surface area contributed by atoms with Gasteiger partial charge < -0.3 is 15.7 Å². The summed E-state index contributed by atoms with van der Waals surface area (Å²) in [5, 5.41) is 9.08. The van der Waals surface area contributed by atoms with Gasteiger partial charge in [0.25, 0.3) is 0 Å². The number of hydrogen-bond acceptors (Lipinski definition) is 5. The molecular weight excluding hydrogens is 205 g/mol. The average Bonchev–Trinajstić information content (AvgIpc) is 2.13. The van der Waals surface area contributed by atoms with E-state index in [-0.39, 0.29) is 30.9 Å². The lowest BCUT2D eigenvalue weighted by Crippen LogP contribution is -2.39. The molecular formula is C8H18FN3OS. The van der Waals surface area contributed by atoms with E-state index in [0.29, 0.717) is 12.4 Å². The van der Waals surface area contributed by atoms with Crippen LogP contribution in [0.25, 0.3) is 0 Å². The van der Waals surface area contributed by atoms with Gasteiger partial charge in [0.15, 0.2) is 0 Å². The molecule has 0 aliphatic carbocycles. The Labute approximate surface area is 88.8 Å². The van der Waals surface area contributed by atoms with Crippen LogP contribution in [0.2, 0.25) is 0 Å². The van der Waals surface area contributed by atoms with Crippen molar-refractivity contribution in [2.45, 2.75) is 13.0 Å². The third-order valence-corrected chi connectivity index (χ3v) is 2.63. The minimum atomic E-state index is -0.128. The first-order valence-corrected chi connectivity index (χ1v) is 5.04. The van der Waals surface area contributed by atoms with Crippen LogP contribution in [-0.4, -0.2) is 36.2 Å². The highest BCUT2D eigenvalue weighted by molar-refractivity contribution is 7.92. The van der Waals surface area contributed by atoms with Gasteiger partial charge in [-0.2, -0.15) is 0 Å². The number of rotatable bonds is 7. The lowest BCUT2D eigenvalue weighted by molar-refractivity contribution is 0.173. The van der Waals surface area contributed by atoms with Crippen molar-refractivity contribution in [2.75, 3.05) is 20.2 Å². The second-order valence-electron chi connectivity index (χ2n) is 3.30. The van der Waals surface area contributed by atoms with Crippen LogP contribution in [-0.2, 0) is 0 Å². The van der Waals surface area contributed by atoms with Crippen LogP contribution in [0.3, 0.4) is 0 Å². The van der Waals surface area contributed by atoms with Crippen LogP contribution in [0.5, 0.6) is 0 Å². The predicted octanol–water partition coefficient (Wildman–Crippen LogP) is 0.467. The predicted molar refractivity (Wildman–Crippen MR) is 57.8 cm³/mol. The van der Waals surface area contributed by atoms with E-state index in [1.807, 2.05) is 0 Å². The Balaban J connectivity index is 4.07. The molecule has 0 spiro atoms. The van der Waals surface area contributed by atoms with Gasteiger partial charge in [0, 0.05) is 32.2 Å². The van der Waals surface area contributed by atoms with Crippen LogP contribution in [0.15, 0.2) is 12.4 Å². The van der Waals surface area contributed by atoms with Crippen molar-refractivity contribution in [1.82, 2.24) is 9.62 Å². The fraction of sp³-hybridized carbons (Fsp3) is 0.750. The molecule has 4 N–H and O–H groups in total. The molecule has 14 heavy (non-hydrogen) atoms. The molecule has 0 aliphatic rings. The zero-order chi connectivity index (χ0) is 11.1. The summed E-state index contributed by atoms with van der Waals surface area (Å²) in [6.07, 6.45) is 0. The number of nitrogens with zero attached hydrogens (tertiary/aromatic N) is 1. The van der Waals surface area contributed by atoms with E-state index in [1.54, 1.807) is 18.9 Å². The summed E-state index contributed by atoms with van der Waals surface area (Å²) >= 11 is 0.0556. The van der Waals surface area contributed by atoms with Gasteiger partial charge in [0.1, 0.15) is 12.3 Å². The Bertz CT molecular complexity index is 182. The first kappa shape index (κ1) is 13.5. The summed E-state index contributed by atoms with van der Waals surface area (Å²) in [5.41, 5.74) is 5.46. The summed E-state index contributed by atoms with van der Waals surface area (Å²) in [6.45, 7) is 5.90. The van der Waals surface area contributed by atoms with Crippen LogP contribution >= 0.6 is 12.3 Å².